The summed E-state index contributed by atoms with van der Waals surface area (Å²) in [5, 5.41) is 13.3. The van der Waals surface area contributed by atoms with Crippen molar-refractivity contribution in [1.29, 1.82) is 0 Å². The Morgan fingerprint density at radius 2 is 1.71 bits per heavy atom. The quantitative estimate of drug-likeness (QED) is 0.406. The smallest absolute Gasteiger partial charge is 0.257 e. The Kier molecular flexibility index (Phi) is 4.89. The van der Waals surface area contributed by atoms with Crippen LogP contribution < -0.4 is 4.72 Å². The highest BCUT2D eigenvalue weighted by molar-refractivity contribution is 7.94. The predicted molar refractivity (Wildman–Crippen MR) is 137 cm³/mol. The first kappa shape index (κ1) is 20.9. The molecule has 1 amide bonds. The Hall–Kier alpha value is -3.70. The van der Waals surface area contributed by atoms with Gasteiger partial charge in [-0.15, -0.1) is 0 Å². The van der Waals surface area contributed by atoms with Crippen molar-refractivity contribution in [2.45, 2.75) is 25.7 Å². The number of nitrogens with one attached hydrogen (secondary N) is 1. The zero-order valence-electron chi connectivity index (χ0n) is 18.7. The molecule has 168 valence electrons. The average Bonchev–Trinajstić information content (AvgIpc) is 3.42. The molecular formula is C29H23NO3S. The summed E-state index contributed by atoms with van der Waals surface area (Å²) in [7, 11) is -1.63. The van der Waals surface area contributed by atoms with E-state index in [1.165, 1.54) is 44.7 Å². The number of phenols is 1. The highest BCUT2D eigenvalue weighted by atomic mass is 32.2. The lowest BCUT2D eigenvalue weighted by Gasteiger charge is -2.16. The normalized spacial score (nSPS) is 19.2. The lowest BCUT2D eigenvalue weighted by Crippen LogP contribution is -2.16. The highest BCUT2D eigenvalue weighted by Gasteiger charge is 2.29. The maximum atomic E-state index is 12.1. The minimum atomic E-state index is -1.63. The first-order valence-corrected chi connectivity index (χ1v) is 12.5. The van der Waals surface area contributed by atoms with Gasteiger partial charge in [-0.3, -0.25) is 9.52 Å². The fraction of sp³-hybridized carbons (Fsp3) is 0.138. The van der Waals surface area contributed by atoms with E-state index in [9.17, 15) is 14.1 Å². The van der Waals surface area contributed by atoms with E-state index in [2.05, 4.69) is 66.2 Å². The van der Waals surface area contributed by atoms with E-state index in [1.807, 2.05) is 6.07 Å². The molecule has 0 radical (unpaired) electrons. The van der Waals surface area contributed by atoms with Crippen LogP contribution in [0, 0.1) is 6.92 Å². The molecule has 0 fully saturated rings. The van der Waals surface area contributed by atoms with Crippen molar-refractivity contribution in [3.8, 4) is 16.9 Å². The van der Waals surface area contributed by atoms with Crippen LogP contribution in [0.1, 0.15) is 40.2 Å². The van der Waals surface area contributed by atoms with Crippen molar-refractivity contribution in [2.24, 2.45) is 0 Å². The maximum Gasteiger partial charge on any atom is 0.257 e. The van der Waals surface area contributed by atoms with Crippen LogP contribution in [0.15, 0.2) is 78.9 Å². The Labute approximate surface area is 200 Å². The molecule has 0 saturated carbocycles. The monoisotopic (exact) mass is 465 g/mol. The summed E-state index contributed by atoms with van der Waals surface area (Å²) in [6.07, 6.45) is 3.21. The van der Waals surface area contributed by atoms with Gasteiger partial charge in [0.15, 0.2) is 11.0 Å². The SMILES string of the molecule is Cc1ccc(-c2cccc3c2CC[C@@H]3c2ccc(C3=CC(=O)NS3=O)c(O)c2)c2ccccc12. The van der Waals surface area contributed by atoms with Gasteiger partial charge in [0.25, 0.3) is 5.91 Å². The second-order valence-electron chi connectivity index (χ2n) is 8.96. The van der Waals surface area contributed by atoms with Crippen LogP contribution in [0.5, 0.6) is 5.75 Å². The van der Waals surface area contributed by atoms with Crippen molar-refractivity contribution in [3.05, 3.63) is 107 Å². The van der Waals surface area contributed by atoms with Crippen LogP contribution >= 0.6 is 0 Å². The summed E-state index contributed by atoms with van der Waals surface area (Å²) in [6.45, 7) is 2.15. The van der Waals surface area contributed by atoms with E-state index in [0.29, 0.717) is 10.5 Å². The summed E-state index contributed by atoms with van der Waals surface area (Å²) in [5.74, 6) is -0.185. The number of carbonyl (C=O) groups is 1. The molecule has 0 aromatic heterocycles. The zero-order valence-corrected chi connectivity index (χ0v) is 19.5. The molecule has 1 aliphatic heterocycles. The van der Waals surface area contributed by atoms with Gasteiger partial charge in [-0.1, -0.05) is 60.7 Å². The van der Waals surface area contributed by atoms with E-state index < -0.39 is 16.9 Å². The lowest BCUT2D eigenvalue weighted by molar-refractivity contribution is -0.114. The van der Waals surface area contributed by atoms with E-state index >= 15 is 0 Å². The van der Waals surface area contributed by atoms with Gasteiger partial charge in [-0.25, -0.2) is 4.21 Å². The van der Waals surface area contributed by atoms with Gasteiger partial charge in [-0.2, -0.15) is 0 Å². The number of aromatic hydroxyl groups is 1. The molecule has 1 aliphatic carbocycles. The Balaban J connectivity index is 1.42. The Bertz CT molecular complexity index is 1550. The van der Waals surface area contributed by atoms with Crippen LogP contribution in [0.25, 0.3) is 26.8 Å². The summed E-state index contributed by atoms with van der Waals surface area (Å²) in [6, 6.07) is 25.0. The largest absolute Gasteiger partial charge is 0.507 e. The summed E-state index contributed by atoms with van der Waals surface area (Å²) in [5.41, 5.74) is 7.90. The number of aryl methyl sites for hydroxylation is 1. The van der Waals surface area contributed by atoms with Crippen LogP contribution in [0.3, 0.4) is 0 Å². The number of amides is 1. The van der Waals surface area contributed by atoms with Gasteiger partial charge in [0.05, 0.1) is 4.91 Å². The molecule has 4 nitrogen and oxygen atoms in total. The molecule has 5 heteroatoms. The van der Waals surface area contributed by atoms with E-state index in [0.717, 1.165) is 18.4 Å². The molecule has 2 N–H and O–H groups in total. The maximum absolute atomic E-state index is 12.1. The molecule has 6 rings (SSSR count). The fourth-order valence-corrected chi connectivity index (χ4v) is 6.38. The van der Waals surface area contributed by atoms with Crippen LogP contribution in [0.4, 0.5) is 0 Å². The van der Waals surface area contributed by atoms with Crippen LogP contribution in [-0.2, 0) is 22.2 Å². The fourth-order valence-electron chi connectivity index (χ4n) is 5.44. The molecule has 0 bridgehead atoms. The standard InChI is InChI=1S/C29H23NO3S/c1-17-9-11-24(21-6-3-2-5-19(17)21)23-8-4-7-22-20(13-14-25(22)23)18-10-12-26(27(31)15-18)28-16-29(32)30-34(28)33/h2-12,15-16,20,31H,13-14H2,1H3,(H,30,32)/t20-,34?/m1/s1. The molecule has 1 unspecified atom stereocenters. The molecule has 4 aromatic rings. The topological polar surface area (TPSA) is 66.4 Å². The number of phenolic OH excluding ortho intramolecular Hbond substituents is 1. The van der Waals surface area contributed by atoms with Gasteiger partial charge in [0, 0.05) is 17.6 Å². The van der Waals surface area contributed by atoms with Gasteiger partial charge in [-0.05, 0) is 76.1 Å². The summed E-state index contributed by atoms with van der Waals surface area (Å²) in [4.78, 5) is 11.9. The van der Waals surface area contributed by atoms with E-state index in [4.69, 9.17) is 0 Å². The minimum Gasteiger partial charge on any atom is -0.507 e. The molecule has 2 atom stereocenters. The second kappa shape index (κ2) is 7.96. The number of rotatable bonds is 3. The third-order valence-corrected chi connectivity index (χ3v) is 8.17. The first-order chi connectivity index (χ1) is 16.5. The average molecular weight is 466 g/mol. The zero-order chi connectivity index (χ0) is 23.4. The molecule has 4 aromatic carbocycles. The number of benzene rings is 4. The molecule has 1 heterocycles. The van der Waals surface area contributed by atoms with Crippen molar-refractivity contribution >= 4 is 32.6 Å². The summed E-state index contributed by atoms with van der Waals surface area (Å²) < 4.78 is 14.5. The number of hydrogen-bond donors (Lipinski definition) is 2. The van der Waals surface area contributed by atoms with Crippen molar-refractivity contribution in [2.75, 3.05) is 0 Å². The number of carbonyl (C=O) groups excluding carboxylic acids is 1. The van der Waals surface area contributed by atoms with Crippen molar-refractivity contribution in [1.82, 2.24) is 4.72 Å². The third kappa shape index (κ3) is 3.27. The Morgan fingerprint density at radius 3 is 2.47 bits per heavy atom. The van der Waals surface area contributed by atoms with Gasteiger partial charge in [0.1, 0.15) is 5.75 Å². The lowest BCUT2D eigenvalue weighted by atomic mass is 9.88. The highest BCUT2D eigenvalue weighted by Crippen LogP contribution is 2.45. The van der Waals surface area contributed by atoms with Gasteiger partial charge < -0.3 is 5.11 Å². The number of fused-ring (bicyclic) bond motifs is 2. The van der Waals surface area contributed by atoms with Crippen molar-refractivity contribution in [3.63, 3.8) is 0 Å². The molecule has 0 spiro atoms. The van der Waals surface area contributed by atoms with Crippen LogP contribution in [-0.4, -0.2) is 15.2 Å². The second-order valence-corrected chi connectivity index (χ2v) is 10.1. The van der Waals surface area contributed by atoms with E-state index in [-0.39, 0.29) is 11.7 Å². The summed E-state index contributed by atoms with van der Waals surface area (Å²) >= 11 is 0. The number of hydrogen-bond acceptors (Lipinski definition) is 3. The first-order valence-electron chi connectivity index (χ1n) is 11.4. The van der Waals surface area contributed by atoms with Gasteiger partial charge in [0.2, 0.25) is 0 Å². The molecule has 2 aliphatic rings. The molecule has 34 heavy (non-hydrogen) atoms. The molecular weight excluding hydrogens is 442 g/mol. The van der Waals surface area contributed by atoms with Gasteiger partial charge >= 0.3 is 0 Å². The minimum absolute atomic E-state index is 0.0442. The van der Waals surface area contributed by atoms with Crippen LogP contribution in [0.2, 0.25) is 0 Å². The predicted octanol–water partition coefficient (Wildman–Crippen LogP) is 5.73. The Morgan fingerprint density at radius 1 is 0.912 bits per heavy atom. The van der Waals surface area contributed by atoms with Crippen molar-refractivity contribution < 1.29 is 14.1 Å². The molecule has 0 saturated heterocycles. The van der Waals surface area contributed by atoms with E-state index in [1.54, 1.807) is 12.1 Å². The third-order valence-electron chi connectivity index (χ3n) is 7.05.